The van der Waals surface area contributed by atoms with Crippen molar-refractivity contribution in [2.24, 2.45) is 0 Å². The predicted molar refractivity (Wildman–Crippen MR) is 47.9 cm³/mol. The van der Waals surface area contributed by atoms with Crippen LogP contribution in [0.15, 0.2) is 0 Å². The lowest BCUT2D eigenvalue weighted by Crippen LogP contribution is -2.62. The SMILES string of the molecule is O=C1C(=O)N(O)C2CCCCCC2N1O. The zero-order valence-electron chi connectivity index (χ0n) is 8.30. The van der Waals surface area contributed by atoms with E-state index in [4.69, 9.17) is 0 Å². The molecule has 2 N–H and O–H groups in total. The minimum Gasteiger partial charge on any atom is -0.285 e. The van der Waals surface area contributed by atoms with Gasteiger partial charge in [0, 0.05) is 0 Å². The molecule has 2 unspecified atom stereocenters. The maximum atomic E-state index is 11.2. The second-order valence-electron chi connectivity index (χ2n) is 4.07. The van der Waals surface area contributed by atoms with Crippen LogP contribution in [0.3, 0.4) is 0 Å². The number of nitrogens with zero attached hydrogens (tertiary/aromatic N) is 2. The van der Waals surface area contributed by atoms with Gasteiger partial charge in [-0.2, -0.15) is 0 Å². The highest BCUT2D eigenvalue weighted by Gasteiger charge is 2.45. The molecule has 6 nitrogen and oxygen atoms in total. The molecule has 0 aromatic heterocycles. The second-order valence-corrected chi connectivity index (χ2v) is 4.07. The first kappa shape index (κ1) is 10.4. The molecule has 1 aliphatic heterocycles. The molecule has 84 valence electrons. The number of carbonyl (C=O) groups excluding carboxylic acids is 2. The molecule has 0 spiro atoms. The van der Waals surface area contributed by atoms with E-state index in [0.717, 1.165) is 19.3 Å². The molecule has 6 heteroatoms. The van der Waals surface area contributed by atoms with Crippen molar-refractivity contribution in [2.75, 3.05) is 0 Å². The minimum atomic E-state index is -1.04. The second kappa shape index (κ2) is 3.79. The summed E-state index contributed by atoms with van der Waals surface area (Å²) in [7, 11) is 0. The van der Waals surface area contributed by atoms with Gasteiger partial charge in [0.2, 0.25) is 0 Å². The number of amides is 2. The molecule has 0 aromatic rings. The van der Waals surface area contributed by atoms with Crippen LogP contribution < -0.4 is 0 Å². The number of hydroxylamine groups is 4. The van der Waals surface area contributed by atoms with Crippen molar-refractivity contribution in [3.63, 3.8) is 0 Å². The maximum absolute atomic E-state index is 11.2. The highest BCUT2D eigenvalue weighted by atomic mass is 16.5. The summed E-state index contributed by atoms with van der Waals surface area (Å²) in [5, 5.41) is 20.0. The Morgan fingerprint density at radius 2 is 1.27 bits per heavy atom. The lowest BCUT2D eigenvalue weighted by Gasteiger charge is -2.39. The molecule has 1 saturated heterocycles. The Balaban J connectivity index is 2.25. The Bertz CT molecular complexity index is 266. The third-order valence-electron chi connectivity index (χ3n) is 3.17. The van der Waals surface area contributed by atoms with Gasteiger partial charge < -0.3 is 0 Å². The van der Waals surface area contributed by atoms with Crippen molar-refractivity contribution in [2.45, 2.75) is 44.2 Å². The van der Waals surface area contributed by atoms with Crippen molar-refractivity contribution >= 4 is 11.8 Å². The fraction of sp³-hybridized carbons (Fsp3) is 0.778. The zero-order chi connectivity index (χ0) is 11.0. The number of carbonyl (C=O) groups is 2. The van der Waals surface area contributed by atoms with Crippen molar-refractivity contribution in [1.29, 1.82) is 0 Å². The van der Waals surface area contributed by atoms with E-state index in [2.05, 4.69) is 0 Å². The van der Waals surface area contributed by atoms with Crippen LogP contribution in [0.4, 0.5) is 0 Å². The highest BCUT2D eigenvalue weighted by Crippen LogP contribution is 2.28. The van der Waals surface area contributed by atoms with E-state index in [0.29, 0.717) is 23.0 Å². The van der Waals surface area contributed by atoms with Crippen LogP contribution in [-0.2, 0) is 9.59 Å². The number of hydrogen-bond donors (Lipinski definition) is 2. The van der Waals surface area contributed by atoms with Crippen LogP contribution in [0, 0.1) is 0 Å². The summed E-state index contributed by atoms with van der Waals surface area (Å²) in [6, 6.07) is -0.912. The van der Waals surface area contributed by atoms with Gasteiger partial charge in [-0.05, 0) is 12.8 Å². The van der Waals surface area contributed by atoms with E-state index in [1.54, 1.807) is 0 Å². The Hall–Kier alpha value is -1.14. The van der Waals surface area contributed by atoms with E-state index in [1.807, 2.05) is 0 Å². The van der Waals surface area contributed by atoms with Gasteiger partial charge in [0.1, 0.15) is 0 Å². The van der Waals surface area contributed by atoms with Gasteiger partial charge in [0.05, 0.1) is 12.1 Å². The standard InChI is InChI=1S/C9H14N2O4/c12-8-9(13)11(15)7-5-3-1-2-4-6(7)10(8)14/h6-7,14-15H,1-5H2. The molecule has 1 saturated carbocycles. The number of rotatable bonds is 0. The molecule has 15 heavy (non-hydrogen) atoms. The predicted octanol–water partition coefficient (Wildman–Crippen LogP) is 0.137. The van der Waals surface area contributed by atoms with Crippen LogP contribution >= 0.6 is 0 Å². The lowest BCUT2D eigenvalue weighted by atomic mass is 9.99. The minimum absolute atomic E-state index is 0.456. The van der Waals surface area contributed by atoms with Gasteiger partial charge in [-0.15, -0.1) is 0 Å². The maximum Gasteiger partial charge on any atom is 0.337 e. The van der Waals surface area contributed by atoms with Crippen LogP contribution in [-0.4, -0.2) is 44.4 Å². The van der Waals surface area contributed by atoms with Gasteiger partial charge in [0.15, 0.2) is 0 Å². The van der Waals surface area contributed by atoms with Gasteiger partial charge in [0.25, 0.3) is 0 Å². The van der Waals surface area contributed by atoms with Crippen molar-refractivity contribution in [1.82, 2.24) is 10.1 Å². The number of hydrogen-bond acceptors (Lipinski definition) is 4. The average molecular weight is 214 g/mol. The Morgan fingerprint density at radius 1 is 0.867 bits per heavy atom. The summed E-state index contributed by atoms with van der Waals surface area (Å²) >= 11 is 0. The third kappa shape index (κ3) is 1.59. The highest BCUT2D eigenvalue weighted by molar-refractivity contribution is 6.34. The van der Waals surface area contributed by atoms with Crippen LogP contribution in [0.25, 0.3) is 0 Å². The van der Waals surface area contributed by atoms with Crippen LogP contribution in [0.2, 0.25) is 0 Å². The number of fused-ring (bicyclic) bond motifs is 1. The molecule has 2 fully saturated rings. The molecule has 0 aromatic carbocycles. The summed E-state index contributed by atoms with van der Waals surface area (Å²) in [6.07, 6.45) is 4.03. The summed E-state index contributed by atoms with van der Waals surface area (Å²) < 4.78 is 0. The summed E-state index contributed by atoms with van der Waals surface area (Å²) in [5.74, 6) is -2.08. The quantitative estimate of drug-likeness (QED) is 0.444. The summed E-state index contributed by atoms with van der Waals surface area (Å²) in [5.41, 5.74) is 0. The van der Waals surface area contributed by atoms with Crippen molar-refractivity contribution < 1.29 is 20.0 Å². The fourth-order valence-electron chi connectivity index (χ4n) is 2.34. The lowest BCUT2D eigenvalue weighted by molar-refractivity contribution is -0.233. The van der Waals surface area contributed by atoms with E-state index in [-0.39, 0.29) is 0 Å². The monoisotopic (exact) mass is 214 g/mol. The molecule has 2 atom stereocenters. The number of piperazine rings is 1. The molecule has 1 aliphatic carbocycles. The molecular weight excluding hydrogens is 200 g/mol. The van der Waals surface area contributed by atoms with E-state index in [9.17, 15) is 20.0 Å². The first-order valence-electron chi connectivity index (χ1n) is 5.17. The normalized spacial score (nSPS) is 32.7. The molecule has 2 rings (SSSR count). The fourth-order valence-corrected chi connectivity index (χ4v) is 2.34. The van der Waals surface area contributed by atoms with Crippen LogP contribution in [0.5, 0.6) is 0 Å². The first-order valence-corrected chi connectivity index (χ1v) is 5.17. The van der Waals surface area contributed by atoms with E-state index < -0.39 is 23.9 Å². The molecule has 2 amide bonds. The largest absolute Gasteiger partial charge is 0.337 e. The Kier molecular flexibility index (Phi) is 2.62. The smallest absolute Gasteiger partial charge is 0.285 e. The first-order chi connectivity index (χ1) is 7.13. The van der Waals surface area contributed by atoms with Crippen molar-refractivity contribution in [3.05, 3.63) is 0 Å². The van der Waals surface area contributed by atoms with Crippen molar-refractivity contribution in [3.8, 4) is 0 Å². The zero-order valence-corrected chi connectivity index (χ0v) is 8.30. The topological polar surface area (TPSA) is 81.1 Å². The van der Waals surface area contributed by atoms with E-state index in [1.165, 1.54) is 0 Å². The summed E-state index contributed by atoms with van der Waals surface area (Å²) in [6.45, 7) is 0. The average Bonchev–Trinajstić information content (AvgIpc) is 2.48. The molecule has 0 radical (unpaired) electrons. The molecule has 1 heterocycles. The molecular formula is C9H14N2O4. The van der Waals surface area contributed by atoms with Gasteiger partial charge in [-0.25, -0.2) is 10.1 Å². The van der Waals surface area contributed by atoms with Gasteiger partial charge in [-0.3, -0.25) is 20.0 Å². The third-order valence-corrected chi connectivity index (χ3v) is 3.17. The Labute approximate surface area is 87.0 Å². The van der Waals surface area contributed by atoms with Crippen LogP contribution in [0.1, 0.15) is 32.1 Å². The Morgan fingerprint density at radius 3 is 1.67 bits per heavy atom. The molecule has 0 bridgehead atoms. The summed E-state index contributed by atoms with van der Waals surface area (Å²) in [4.78, 5) is 22.5. The van der Waals surface area contributed by atoms with Gasteiger partial charge in [-0.1, -0.05) is 19.3 Å². The van der Waals surface area contributed by atoms with Gasteiger partial charge >= 0.3 is 11.8 Å². The molecule has 2 aliphatic rings. The van der Waals surface area contributed by atoms with E-state index >= 15 is 0 Å².